The number of benzene rings is 1. The molecule has 186 valence electrons. The van der Waals surface area contributed by atoms with Crippen molar-refractivity contribution in [2.45, 2.75) is 18.8 Å². The van der Waals surface area contributed by atoms with Gasteiger partial charge in [-0.05, 0) is 48.6 Å². The van der Waals surface area contributed by atoms with Gasteiger partial charge in [0.05, 0.1) is 35.9 Å². The van der Waals surface area contributed by atoms with E-state index >= 15 is 0 Å². The molecule has 1 saturated heterocycles. The van der Waals surface area contributed by atoms with Gasteiger partial charge in [0.2, 0.25) is 11.9 Å². The lowest BCUT2D eigenvalue weighted by atomic mass is 9.89. The number of amides is 1. The van der Waals surface area contributed by atoms with Crippen LogP contribution in [0.25, 0.3) is 17.0 Å². The first-order valence-electron chi connectivity index (χ1n) is 11.5. The Morgan fingerprint density at radius 3 is 2.81 bits per heavy atom. The van der Waals surface area contributed by atoms with Crippen molar-refractivity contribution in [3.05, 3.63) is 65.3 Å². The summed E-state index contributed by atoms with van der Waals surface area (Å²) in [6.07, 6.45) is 6.31. The predicted octanol–water partition coefficient (Wildman–Crippen LogP) is 4.03. The summed E-state index contributed by atoms with van der Waals surface area (Å²) in [5, 5.41) is 12.6. The highest BCUT2D eigenvalue weighted by Crippen LogP contribution is 2.35. The van der Waals surface area contributed by atoms with E-state index in [9.17, 15) is 9.18 Å². The smallest absolute Gasteiger partial charge is 0.248 e. The zero-order valence-electron chi connectivity index (χ0n) is 19.5. The fourth-order valence-corrected chi connectivity index (χ4v) is 4.69. The minimum Gasteiger partial charge on any atom is -0.495 e. The van der Waals surface area contributed by atoms with Gasteiger partial charge in [-0.2, -0.15) is 0 Å². The maximum atomic E-state index is 14.1. The Kier molecular flexibility index (Phi) is 6.71. The van der Waals surface area contributed by atoms with Crippen LogP contribution in [0.5, 0.6) is 5.75 Å². The van der Waals surface area contributed by atoms with Crippen LogP contribution in [-0.2, 0) is 4.79 Å². The van der Waals surface area contributed by atoms with E-state index in [0.717, 1.165) is 18.4 Å². The normalized spacial score (nSPS) is 14.3. The van der Waals surface area contributed by atoms with Crippen molar-refractivity contribution in [2.75, 3.05) is 32.1 Å². The largest absolute Gasteiger partial charge is 0.495 e. The van der Waals surface area contributed by atoms with Gasteiger partial charge in [0.1, 0.15) is 18.1 Å². The maximum absolute atomic E-state index is 14.1. The molecule has 1 amide bonds. The zero-order chi connectivity index (χ0) is 25.2. The van der Waals surface area contributed by atoms with Crippen LogP contribution in [0.3, 0.4) is 0 Å². The number of carbonyl (C=O) groups excluding carboxylic acids is 1. The van der Waals surface area contributed by atoms with E-state index in [-0.39, 0.29) is 17.5 Å². The maximum Gasteiger partial charge on any atom is 0.248 e. The van der Waals surface area contributed by atoms with Crippen LogP contribution < -0.4 is 10.1 Å². The Hall–Kier alpha value is -3.76. The molecule has 1 aliphatic rings. The summed E-state index contributed by atoms with van der Waals surface area (Å²) in [6, 6.07) is 8.82. The SMILES string of the molecule is COc1cc(C2CCN(C(=O)CO)CC2)ccc1Nc1ncc(Cl)c(-c2cnc3c(F)cccn23)n1. The first-order chi connectivity index (χ1) is 17.5. The van der Waals surface area contributed by atoms with Crippen molar-refractivity contribution < 1.29 is 19.0 Å². The van der Waals surface area contributed by atoms with Gasteiger partial charge in [-0.1, -0.05) is 17.7 Å². The van der Waals surface area contributed by atoms with Crippen LogP contribution in [-0.4, -0.2) is 62.1 Å². The van der Waals surface area contributed by atoms with Crippen molar-refractivity contribution in [3.8, 4) is 17.1 Å². The van der Waals surface area contributed by atoms with Crippen LogP contribution in [0.4, 0.5) is 16.0 Å². The lowest BCUT2D eigenvalue weighted by Gasteiger charge is -2.32. The molecule has 3 aromatic heterocycles. The van der Waals surface area contributed by atoms with Gasteiger partial charge in [-0.25, -0.2) is 19.3 Å². The van der Waals surface area contributed by atoms with E-state index in [0.29, 0.717) is 46.9 Å². The number of hydrogen-bond donors (Lipinski definition) is 2. The number of ether oxygens (including phenoxy) is 1. The third kappa shape index (κ3) is 4.57. The highest BCUT2D eigenvalue weighted by Gasteiger charge is 2.24. The summed E-state index contributed by atoms with van der Waals surface area (Å²) < 4.78 is 21.3. The van der Waals surface area contributed by atoms with Crippen LogP contribution in [0.2, 0.25) is 5.02 Å². The van der Waals surface area contributed by atoms with Crippen molar-refractivity contribution in [3.63, 3.8) is 0 Å². The molecule has 5 rings (SSSR count). The molecule has 0 atom stereocenters. The molecule has 0 unspecified atom stereocenters. The number of anilines is 2. The van der Waals surface area contributed by atoms with Gasteiger partial charge in [-0.3, -0.25) is 9.20 Å². The minimum absolute atomic E-state index is 0.181. The number of methoxy groups -OCH3 is 1. The monoisotopic (exact) mass is 510 g/mol. The third-order valence-corrected chi connectivity index (χ3v) is 6.68. The van der Waals surface area contributed by atoms with Crippen molar-refractivity contribution in [1.82, 2.24) is 24.3 Å². The summed E-state index contributed by atoms with van der Waals surface area (Å²) in [7, 11) is 1.59. The van der Waals surface area contributed by atoms with E-state index in [1.165, 1.54) is 18.5 Å². The quantitative estimate of drug-likeness (QED) is 0.403. The number of aliphatic hydroxyl groups is 1. The summed E-state index contributed by atoms with van der Waals surface area (Å²) in [5.74, 6) is 0.523. The number of halogens is 2. The van der Waals surface area contributed by atoms with Gasteiger partial charge in [0.15, 0.2) is 11.5 Å². The molecule has 0 bridgehead atoms. The van der Waals surface area contributed by atoms with Gasteiger partial charge in [-0.15, -0.1) is 0 Å². The lowest BCUT2D eigenvalue weighted by Crippen LogP contribution is -2.39. The van der Waals surface area contributed by atoms with E-state index in [2.05, 4.69) is 20.3 Å². The molecule has 0 aliphatic carbocycles. The van der Waals surface area contributed by atoms with Gasteiger partial charge in [0.25, 0.3) is 0 Å². The molecule has 4 heterocycles. The van der Waals surface area contributed by atoms with Gasteiger partial charge >= 0.3 is 0 Å². The number of aromatic nitrogens is 4. The molecule has 0 radical (unpaired) electrons. The molecular weight excluding hydrogens is 487 g/mol. The average Bonchev–Trinajstić information content (AvgIpc) is 3.35. The number of hydrogen-bond acceptors (Lipinski definition) is 7. The Morgan fingerprint density at radius 2 is 2.06 bits per heavy atom. The summed E-state index contributed by atoms with van der Waals surface area (Å²) in [4.78, 5) is 26.4. The van der Waals surface area contributed by atoms with E-state index in [1.807, 2.05) is 18.2 Å². The van der Waals surface area contributed by atoms with Crippen LogP contribution in [0.1, 0.15) is 24.3 Å². The summed E-state index contributed by atoms with van der Waals surface area (Å²) in [6.45, 7) is 0.767. The second kappa shape index (κ2) is 10.1. The molecule has 0 saturated carbocycles. The molecular formula is C25H24ClFN6O3. The molecule has 36 heavy (non-hydrogen) atoms. The number of piperidine rings is 1. The first-order valence-corrected chi connectivity index (χ1v) is 11.8. The Morgan fingerprint density at radius 1 is 1.25 bits per heavy atom. The van der Waals surface area contributed by atoms with Gasteiger partial charge < -0.3 is 20.1 Å². The number of aliphatic hydroxyl groups excluding tert-OH is 1. The number of imidazole rings is 1. The Bertz CT molecular complexity index is 1420. The first kappa shape index (κ1) is 24.0. The third-order valence-electron chi connectivity index (χ3n) is 6.40. The average molecular weight is 511 g/mol. The fraction of sp³-hybridized carbons (Fsp3) is 0.280. The molecule has 0 spiro atoms. The van der Waals surface area contributed by atoms with Crippen LogP contribution in [0.15, 0.2) is 48.9 Å². The van der Waals surface area contributed by atoms with Crippen LogP contribution >= 0.6 is 11.6 Å². The molecule has 9 nitrogen and oxygen atoms in total. The number of fused-ring (bicyclic) bond motifs is 1. The molecule has 1 fully saturated rings. The lowest BCUT2D eigenvalue weighted by molar-refractivity contribution is -0.135. The molecule has 2 N–H and O–H groups in total. The summed E-state index contributed by atoms with van der Waals surface area (Å²) in [5.41, 5.74) is 2.91. The van der Waals surface area contributed by atoms with E-state index in [1.54, 1.807) is 28.7 Å². The fourth-order valence-electron chi connectivity index (χ4n) is 4.51. The van der Waals surface area contributed by atoms with E-state index < -0.39 is 12.4 Å². The zero-order valence-corrected chi connectivity index (χ0v) is 20.2. The molecule has 1 aliphatic heterocycles. The van der Waals surface area contributed by atoms with Gasteiger partial charge in [0, 0.05) is 19.3 Å². The minimum atomic E-state index is -0.457. The molecule has 1 aromatic carbocycles. The standard InChI is InChI=1S/C25H24ClFN6O3/c1-36-21-11-16(15-6-9-32(10-7-15)22(35)14-34)4-5-19(21)30-25-29-12-17(26)23(31-25)20-13-28-24-18(27)3-2-8-33(20)24/h2-5,8,11-13,15,34H,6-7,9-10,14H2,1H3,(H,29,30,31). The number of nitrogens with one attached hydrogen (secondary N) is 1. The number of rotatable bonds is 6. The number of likely N-dealkylation sites (tertiary alicyclic amines) is 1. The molecule has 11 heteroatoms. The number of pyridine rings is 1. The highest BCUT2D eigenvalue weighted by molar-refractivity contribution is 6.32. The topological polar surface area (TPSA) is 105 Å². The molecule has 4 aromatic rings. The second-order valence-electron chi connectivity index (χ2n) is 8.48. The second-order valence-corrected chi connectivity index (χ2v) is 8.89. The van der Waals surface area contributed by atoms with Crippen molar-refractivity contribution in [1.29, 1.82) is 0 Å². The van der Waals surface area contributed by atoms with Crippen molar-refractivity contribution in [2.24, 2.45) is 0 Å². The Balaban J connectivity index is 1.38. The van der Waals surface area contributed by atoms with Crippen molar-refractivity contribution >= 4 is 34.8 Å². The van der Waals surface area contributed by atoms with Crippen LogP contribution in [0, 0.1) is 5.82 Å². The number of carbonyl (C=O) groups is 1. The van der Waals surface area contributed by atoms with E-state index in [4.69, 9.17) is 21.4 Å². The predicted molar refractivity (Wildman–Crippen MR) is 133 cm³/mol. The summed E-state index contributed by atoms with van der Waals surface area (Å²) >= 11 is 6.38. The Labute approximate surface area is 211 Å². The number of nitrogens with zero attached hydrogens (tertiary/aromatic N) is 5. The highest BCUT2D eigenvalue weighted by atomic mass is 35.5.